The number of piperidine rings is 1. The number of aliphatic hydroxyl groups is 1. The second kappa shape index (κ2) is 5.92. The molecular formula is C11H19N5O2. The predicted molar refractivity (Wildman–Crippen MR) is 65.2 cm³/mol. The van der Waals surface area contributed by atoms with Crippen LogP contribution < -0.4 is 10.6 Å². The Morgan fingerprint density at radius 2 is 2.39 bits per heavy atom. The van der Waals surface area contributed by atoms with Crippen LogP contribution in [0.25, 0.3) is 0 Å². The van der Waals surface area contributed by atoms with Gasteiger partial charge in [-0.25, -0.2) is 4.68 Å². The van der Waals surface area contributed by atoms with E-state index in [0.717, 1.165) is 25.9 Å². The molecule has 7 heteroatoms. The molecule has 0 radical (unpaired) electrons. The van der Waals surface area contributed by atoms with E-state index in [1.165, 1.54) is 0 Å². The molecule has 1 aliphatic heterocycles. The lowest BCUT2D eigenvalue weighted by atomic mass is 10.1. The van der Waals surface area contributed by atoms with Gasteiger partial charge in [-0.05, 0) is 32.9 Å². The highest BCUT2D eigenvalue weighted by Gasteiger charge is 2.18. The van der Waals surface area contributed by atoms with Crippen LogP contribution in [-0.4, -0.2) is 51.7 Å². The lowest BCUT2D eigenvalue weighted by Gasteiger charge is -2.22. The third-order valence-electron chi connectivity index (χ3n) is 2.98. The summed E-state index contributed by atoms with van der Waals surface area (Å²) in [6.07, 6.45) is 3.11. The van der Waals surface area contributed by atoms with E-state index in [0.29, 0.717) is 11.7 Å². The number of carbonyl (C=O) groups is 1. The van der Waals surface area contributed by atoms with Gasteiger partial charge in [-0.2, -0.15) is 0 Å². The van der Waals surface area contributed by atoms with Gasteiger partial charge < -0.3 is 15.7 Å². The van der Waals surface area contributed by atoms with Crippen LogP contribution >= 0.6 is 0 Å². The first-order valence-electron chi connectivity index (χ1n) is 6.25. The van der Waals surface area contributed by atoms with Crippen molar-refractivity contribution >= 4 is 5.91 Å². The van der Waals surface area contributed by atoms with Crippen molar-refractivity contribution in [3.8, 4) is 0 Å². The molecule has 100 valence electrons. The zero-order valence-electron chi connectivity index (χ0n) is 10.5. The van der Waals surface area contributed by atoms with Crippen molar-refractivity contribution < 1.29 is 9.90 Å². The van der Waals surface area contributed by atoms with Crippen LogP contribution in [0.3, 0.4) is 0 Å². The topological polar surface area (TPSA) is 92.1 Å². The molecular weight excluding hydrogens is 234 g/mol. The lowest BCUT2D eigenvalue weighted by Crippen LogP contribution is -2.31. The van der Waals surface area contributed by atoms with Gasteiger partial charge in [-0.15, -0.1) is 5.10 Å². The van der Waals surface area contributed by atoms with Gasteiger partial charge in [0.2, 0.25) is 0 Å². The van der Waals surface area contributed by atoms with Crippen molar-refractivity contribution in [1.82, 2.24) is 25.6 Å². The molecule has 0 aromatic carbocycles. The second-order valence-corrected chi connectivity index (χ2v) is 4.62. The fourth-order valence-corrected chi connectivity index (χ4v) is 1.96. The van der Waals surface area contributed by atoms with Crippen molar-refractivity contribution in [2.75, 3.05) is 19.6 Å². The van der Waals surface area contributed by atoms with Crippen LogP contribution in [0.15, 0.2) is 6.20 Å². The molecule has 1 aliphatic rings. The van der Waals surface area contributed by atoms with Gasteiger partial charge in [0.1, 0.15) is 0 Å². The fourth-order valence-electron chi connectivity index (χ4n) is 1.96. The Labute approximate surface area is 106 Å². The quantitative estimate of drug-likeness (QED) is 0.661. The molecule has 1 amide bonds. The molecule has 18 heavy (non-hydrogen) atoms. The maximum Gasteiger partial charge on any atom is 0.273 e. The summed E-state index contributed by atoms with van der Waals surface area (Å²) in [5.41, 5.74) is 0.300. The minimum absolute atomic E-state index is 0.221. The number of aliphatic hydroxyl groups excluding tert-OH is 1. The molecule has 7 nitrogen and oxygen atoms in total. The van der Waals surface area contributed by atoms with E-state index in [4.69, 9.17) is 5.11 Å². The first-order chi connectivity index (χ1) is 8.66. The largest absolute Gasteiger partial charge is 0.392 e. The molecule has 1 atom stereocenters. The van der Waals surface area contributed by atoms with Gasteiger partial charge in [-0.3, -0.25) is 4.79 Å². The Morgan fingerprint density at radius 3 is 3.06 bits per heavy atom. The van der Waals surface area contributed by atoms with Crippen LogP contribution in [0.4, 0.5) is 0 Å². The summed E-state index contributed by atoms with van der Waals surface area (Å²) in [6.45, 7) is 3.77. The molecule has 1 aromatic rings. The maximum absolute atomic E-state index is 11.7. The molecule has 0 saturated carbocycles. The van der Waals surface area contributed by atoms with Crippen LogP contribution in [0.2, 0.25) is 0 Å². The minimum atomic E-state index is -0.562. The smallest absolute Gasteiger partial charge is 0.273 e. The summed E-state index contributed by atoms with van der Waals surface area (Å²) in [5.74, 6) is -0.295. The molecule has 0 unspecified atom stereocenters. The zero-order valence-corrected chi connectivity index (χ0v) is 10.5. The summed E-state index contributed by atoms with van der Waals surface area (Å²) in [5, 5.41) is 22.8. The average molecular weight is 253 g/mol. The molecule has 0 spiro atoms. The second-order valence-electron chi connectivity index (χ2n) is 4.62. The molecule has 0 aliphatic carbocycles. The number of nitrogens with zero attached hydrogens (tertiary/aromatic N) is 3. The Bertz CT molecular complexity index is 398. The van der Waals surface area contributed by atoms with E-state index in [9.17, 15) is 4.79 Å². The average Bonchev–Trinajstić information content (AvgIpc) is 2.86. The highest BCUT2D eigenvalue weighted by Crippen LogP contribution is 2.16. The molecule has 3 N–H and O–H groups in total. The number of carbonyl (C=O) groups excluding carboxylic acids is 1. The molecule has 2 rings (SSSR count). The Hall–Kier alpha value is -1.47. The molecule has 1 aromatic heterocycles. The summed E-state index contributed by atoms with van der Waals surface area (Å²) < 4.78 is 1.76. The normalized spacial score (nSPS) is 18.6. The van der Waals surface area contributed by atoms with Crippen molar-refractivity contribution in [2.45, 2.75) is 31.9 Å². The first-order valence-corrected chi connectivity index (χ1v) is 6.25. The van der Waals surface area contributed by atoms with Crippen LogP contribution in [0.1, 0.15) is 36.3 Å². The Balaban J connectivity index is 1.94. The van der Waals surface area contributed by atoms with Gasteiger partial charge >= 0.3 is 0 Å². The first kappa shape index (κ1) is 13.0. The molecule has 2 heterocycles. The maximum atomic E-state index is 11.7. The lowest BCUT2D eigenvalue weighted by molar-refractivity contribution is 0.0919. The predicted octanol–water partition coefficient (Wildman–Crippen LogP) is -0.687. The van der Waals surface area contributed by atoms with E-state index in [1.54, 1.807) is 17.8 Å². The summed E-state index contributed by atoms with van der Waals surface area (Å²) >= 11 is 0. The number of hydrogen-bond donors (Lipinski definition) is 3. The Morgan fingerprint density at radius 1 is 1.67 bits per heavy atom. The van der Waals surface area contributed by atoms with Gasteiger partial charge in [-0.1, -0.05) is 5.21 Å². The zero-order chi connectivity index (χ0) is 13.0. The van der Waals surface area contributed by atoms with E-state index in [-0.39, 0.29) is 12.5 Å². The number of aromatic nitrogens is 3. The van der Waals surface area contributed by atoms with Crippen LogP contribution in [0.5, 0.6) is 0 Å². The van der Waals surface area contributed by atoms with Gasteiger partial charge in [0, 0.05) is 6.54 Å². The highest BCUT2D eigenvalue weighted by molar-refractivity contribution is 5.91. The minimum Gasteiger partial charge on any atom is -0.392 e. The highest BCUT2D eigenvalue weighted by atomic mass is 16.3. The SMILES string of the molecule is C[C@H](O)CNC(=O)c1cn(C2CCNCC2)nn1. The summed E-state index contributed by atoms with van der Waals surface area (Å²) in [4.78, 5) is 11.7. The monoisotopic (exact) mass is 253 g/mol. The fraction of sp³-hybridized carbons (Fsp3) is 0.727. The number of rotatable bonds is 4. The third kappa shape index (κ3) is 3.27. The standard InChI is InChI=1S/C11H19N5O2/c1-8(17)6-13-11(18)10-7-16(15-14-10)9-2-4-12-5-3-9/h7-9,12,17H,2-6H2,1H3,(H,13,18)/t8-/m0/s1. The van der Waals surface area contributed by atoms with Crippen molar-refractivity contribution in [3.05, 3.63) is 11.9 Å². The van der Waals surface area contributed by atoms with Crippen molar-refractivity contribution in [2.24, 2.45) is 0 Å². The summed E-state index contributed by atoms with van der Waals surface area (Å²) in [7, 11) is 0. The van der Waals surface area contributed by atoms with Gasteiger partial charge in [0.05, 0.1) is 18.3 Å². The molecule has 0 bridgehead atoms. The van der Waals surface area contributed by atoms with E-state index in [2.05, 4.69) is 20.9 Å². The van der Waals surface area contributed by atoms with Crippen LogP contribution in [-0.2, 0) is 0 Å². The third-order valence-corrected chi connectivity index (χ3v) is 2.98. The van der Waals surface area contributed by atoms with E-state index < -0.39 is 6.10 Å². The number of hydrogen-bond acceptors (Lipinski definition) is 5. The number of amides is 1. The van der Waals surface area contributed by atoms with E-state index in [1.807, 2.05) is 0 Å². The van der Waals surface area contributed by atoms with Crippen LogP contribution in [0, 0.1) is 0 Å². The van der Waals surface area contributed by atoms with E-state index >= 15 is 0 Å². The van der Waals surface area contributed by atoms with Gasteiger partial charge in [0.25, 0.3) is 5.91 Å². The van der Waals surface area contributed by atoms with Crippen molar-refractivity contribution in [1.29, 1.82) is 0 Å². The Kier molecular flexibility index (Phi) is 4.27. The van der Waals surface area contributed by atoms with Gasteiger partial charge in [0.15, 0.2) is 5.69 Å². The number of nitrogens with one attached hydrogen (secondary N) is 2. The molecule has 1 saturated heterocycles. The molecule has 1 fully saturated rings. The van der Waals surface area contributed by atoms with Crippen molar-refractivity contribution in [3.63, 3.8) is 0 Å². The summed E-state index contributed by atoms with van der Waals surface area (Å²) in [6, 6.07) is 0.317.